The molecule has 0 aromatic rings. The van der Waals surface area contributed by atoms with Crippen LogP contribution in [0.1, 0.15) is 33.1 Å². The Balaban J connectivity index is 3.37. The maximum absolute atomic E-state index is 5.40. The molecular weight excluding hydrogens is 242 g/mol. The van der Waals surface area contributed by atoms with Gasteiger partial charge in [0.25, 0.3) is 0 Å². The lowest BCUT2D eigenvalue weighted by atomic mass is 10.1. The molecule has 0 aliphatic heterocycles. The van der Waals surface area contributed by atoms with Gasteiger partial charge in [0.15, 0.2) is 5.96 Å². The van der Waals surface area contributed by atoms with Crippen LogP contribution in [0.15, 0.2) is 4.99 Å². The molecule has 0 atom stereocenters. The molecule has 0 amide bonds. The molecule has 0 fully saturated rings. The van der Waals surface area contributed by atoms with Crippen molar-refractivity contribution in [1.82, 2.24) is 10.6 Å². The van der Waals surface area contributed by atoms with Gasteiger partial charge in [0.2, 0.25) is 0 Å². The van der Waals surface area contributed by atoms with E-state index in [4.69, 9.17) is 9.47 Å². The zero-order chi connectivity index (χ0) is 14.3. The Hall–Kier alpha value is -0.810. The predicted octanol–water partition coefficient (Wildman–Crippen LogP) is 1.64. The van der Waals surface area contributed by atoms with Gasteiger partial charge in [0, 0.05) is 33.9 Å². The number of nitrogens with one attached hydrogen (secondary N) is 2. The van der Waals surface area contributed by atoms with Crippen LogP contribution in [0, 0.1) is 5.92 Å². The van der Waals surface area contributed by atoms with Gasteiger partial charge in [0.1, 0.15) is 0 Å². The van der Waals surface area contributed by atoms with Crippen molar-refractivity contribution in [2.45, 2.75) is 33.1 Å². The Morgan fingerprint density at radius 1 is 1.05 bits per heavy atom. The van der Waals surface area contributed by atoms with E-state index in [-0.39, 0.29) is 0 Å². The van der Waals surface area contributed by atoms with Crippen molar-refractivity contribution in [2.75, 3.05) is 47.1 Å². The average molecular weight is 273 g/mol. The lowest BCUT2D eigenvalue weighted by molar-refractivity contribution is 0.0689. The van der Waals surface area contributed by atoms with Gasteiger partial charge in [-0.15, -0.1) is 0 Å². The quantitative estimate of drug-likeness (QED) is 0.341. The van der Waals surface area contributed by atoms with Gasteiger partial charge in [0.05, 0.1) is 13.2 Å². The van der Waals surface area contributed by atoms with Crippen LogP contribution in [0.3, 0.4) is 0 Å². The topological polar surface area (TPSA) is 54.9 Å². The van der Waals surface area contributed by atoms with Crippen molar-refractivity contribution in [1.29, 1.82) is 0 Å². The summed E-state index contributed by atoms with van der Waals surface area (Å²) in [7, 11) is 3.49. The van der Waals surface area contributed by atoms with Crippen molar-refractivity contribution in [3.05, 3.63) is 0 Å². The van der Waals surface area contributed by atoms with Gasteiger partial charge >= 0.3 is 0 Å². The molecule has 19 heavy (non-hydrogen) atoms. The fraction of sp³-hybridized carbons (Fsp3) is 0.929. The third kappa shape index (κ3) is 13.4. The molecule has 0 aromatic heterocycles. The first-order valence-corrected chi connectivity index (χ1v) is 7.22. The zero-order valence-corrected chi connectivity index (χ0v) is 13.0. The van der Waals surface area contributed by atoms with E-state index >= 15 is 0 Å². The van der Waals surface area contributed by atoms with Crippen molar-refractivity contribution in [3.8, 4) is 0 Å². The maximum Gasteiger partial charge on any atom is 0.190 e. The molecule has 5 nitrogen and oxygen atoms in total. The monoisotopic (exact) mass is 273 g/mol. The summed E-state index contributed by atoms with van der Waals surface area (Å²) in [5.41, 5.74) is 0. The van der Waals surface area contributed by atoms with E-state index in [1.54, 1.807) is 14.2 Å². The minimum Gasteiger partial charge on any atom is -0.382 e. The molecule has 0 aromatic carbocycles. The zero-order valence-electron chi connectivity index (χ0n) is 13.0. The highest BCUT2D eigenvalue weighted by Crippen LogP contribution is 1.96. The first-order chi connectivity index (χ1) is 9.20. The summed E-state index contributed by atoms with van der Waals surface area (Å²) in [4.78, 5) is 4.19. The molecule has 0 aliphatic rings. The molecular formula is C14H31N3O2. The first-order valence-electron chi connectivity index (χ1n) is 7.22. The van der Waals surface area contributed by atoms with E-state index in [1.807, 2.05) is 0 Å². The molecule has 5 heteroatoms. The summed E-state index contributed by atoms with van der Waals surface area (Å²) >= 11 is 0. The third-order valence-corrected chi connectivity index (χ3v) is 2.68. The molecule has 0 unspecified atom stereocenters. The Kier molecular flexibility index (Phi) is 13.0. The lowest BCUT2D eigenvalue weighted by Gasteiger charge is -2.12. The fourth-order valence-electron chi connectivity index (χ4n) is 1.48. The summed E-state index contributed by atoms with van der Waals surface area (Å²) in [6, 6.07) is 0. The Morgan fingerprint density at radius 2 is 1.79 bits per heavy atom. The maximum atomic E-state index is 5.40. The summed E-state index contributed by atoms with van der Waals surface area (Å²) in [5.74, 6) is 1.61. The summed E-state index contributed by atoms with van der Waals surface area (Å²) in [6.45, 7) is 8.49. The smallest absolute Gasteiger partial charge is 0.190 e. The van der Waals surface area contributed by atoms with E-state index < -0.39 is 0 Å². The average Bonchev–Trinajstić information content (AvgIpc) is 2.39. The summed E-state index contributed by atoms with van der Waals surface area (Å²) in [5, 5.41) is 6.61. The number of ether oxygens (including phenoxy) is 2. The van der Waals surface area contributed by atoms with Gasteiger partial charge < -0.3 is 20.1 Å². The minimum atomic E-state index is 0.671. The van der Waals surface area contributed by atoms with Crippen LogP contribution in [0.2, 0.25) is 0 Å². The molecule has 0 heterocycles. The second-order valence-electron chi connectivity index (χ2n) is 4.92. The Labute approximate surface area is 118 Å². The van der Waals surface area contributed by atoms with Crippen LogP contribution in [-0.4, -0.2) is 53.0 Å². The molecule has 0 bridgehead atoms. The summed E-state index contributed by atoms with van der Waals surface area (Å²) in [6.07, 6.45) is 3.30. The lowest BCUT2D eigenvalue weighted by Crippen LogP contribution is -2.38. The largest absolute Gasteiger partial charge is 0.382 e. The molecule has 0 aliphatic carbocycles. The number of nitrogens with zero attached hydrogens (tertiary/aromatic N) is 1. The van der Waals surface area contributed by atoms with Crippen molar-refractivity contribution in [2.24, 2.45) is 10.9 Å². The standard InChI is InChI=1S/C14H31N3O2/c1-13(2)7-9-17-14(15-3)16-8-5-6-10-19-12-11-18-4/h13H,5-12H2,1-4H3,(H2,15,16,17). The second kappa shape index (κ2) is 13.6. The molecule has 114 valence electrons. The molecule has 0 saturated carbocycles. The minimum absolute atomic E-state index is 0.671. The van der Waals surface area contributed by atoms with E-state index in [2.05, 4.69) is 29.5 Å². The number of rotatable bonds is 11. The van der Waals surface area contributed by atoms with Crippen LogP contribution in [0.5, 0.6) is 0 Å². The van der Waals surface area contributed by atoms with E-state index in [0.29, 0.717) is 13.2 Å². The van der Waals surface area contributed by atoms with Gasteiger partial charge in [-0.05, 0) is 25.2 Å². The van der Waals surface area contributed by atoms with Crippen molar-refractivity contribution >= 4 is 5.96 Å². The summed E-state index contributed by atoms with van der Waals surface area (Å²) < 4.78 is 10.3. The van der Waals surface area contributed by atoms with Crippen LogP contribution in [0.4, 0.5) is 0 Å². The van der Waals surface area contributed by atoms with Crippen LogP contribution in [0.25, 0.3) is 0 Å². The number of aliphatic imine (C=N–C) groups is 1. The second-order valence-corrected chi connectivity index (χ2v) is 4.92. The number of unbranched alkanes of at least 4 members (excludes halogenated alkanes) is 1. The van der Waals surface area contributed by atoms with Crippen molar-refractivity contribution < 1.29 is 9.47 Å². The normalized spacial score (nSPS) is 11.9. The third-order valence-electron chi connectivity index (χ3n) is 2.68. The van der Waals surface area contributed by atoms with Gasteiger partial charge in [-0.1, -0.05) is 13.8 Å². The number of hydrogen-bond donors (Lipinski definition) is 2. The van der Waals surface area contributed by atoms with Crippen LogP contribution in [-0.2, 0) is 9.47 Å². The first kappa shape index (κ1) is 18.2. The number of guanidine groups is 1. The Morgan fingerprint density at radius 3 is 2.42 bits per heavy atom. The molecule has 0 rings (SSSR count). The highest BCUT2D eigenvalue weighted by atomic mass is 16.5. The van der Waals surface area contributed by atoms with Gasteiger partial charge in [-0.3, -0.25) is 4.99 Å². The van der Waals surface area contributed by atoms with Crippen LogP contribution >= 0.6 is 0 Å². The SMILES string of the molecule is CN=C(NCCCCOCCOC)NCCC(C)C. The highest BCUT2D eigenvalue weighted by Gasteiger charge is 1.98. The fourth-order valence-corrected chi connectivity index (χ4v) is 1.48. The molecule has 2 N–H and O–H groups in total. The molecule has 0 spiro atoms. The van der Waals surface area contributed by atoms with E-state index in [1.165, 1.54) is 0 Å². The van der Waals surface area contributed by atoms with E-state index in [9.17, 15) is 0 Å². The molecule has 0 saturated heterocycles. The Bertz CT molecular complexity index is 221. The van der Waals surface area contributed by atoms with Gasteiger partial charge in [-0.2, -0.15) is 0 Å². The van der Waals surface area contributed by atoms with Crippen LogP contribution < -0.4 is 10.6 Å². The number of hydrogen-bond acceptors (Lipinski definition) is 3. The van der Waals surface area contributed by atoms with Gasteiger partial charge in [-0.25, -0.2) is 0 Å². The molecule has 0 radical (unpaired) electrons. The van der Waals surface area contributed by atoms with Crippen molar-refractivity contribution in [3.63, 3.8) is 0 Å². The van der Waals surface area contributed by atoms with E-state index in [0.717, 1.165) is 50.8 Å². The number of methoxy groups -OCH3 is 1. The predicted molar refractivity (Wildman–Crippen MR) is 80.7 cm³/mol. The highest BCUT2D eigenvalue weighted by molar-refractivity contribution is 5.79.